The van der Waals surface area contributed by atoms with Crippen molar-refractivity contribution in [2.75, 3.05) is 14.2 Å². The van der Waals surface area contributed by atoms with Gasteiger partial charge in [0.05, 0.1) is 14.2 Å². The third-order valence-corrected chi connectivity index (χ3v) is 26.5. The second kappa shape index (κ2) is 33.6. The Bertz CT molecular complexity index is 3990. The number of methoxy groups -OCH3 is 2. The Balaban J connectivity index is 0.000000162. The minimum atomic E-state index is -3.00. The van der Waals surface area contributed by atoms with Crippen LogP contribution >= 0.6 is 55.1 Å². The summed E-state index contributed by atoms with van der Waals surface area (Å²) in [6.45, 7) is -2.93. The number of ether oxygens (including phenoxy) is 2. The van der Waals surface area contributed by atoms with E-state index in [1.807, 2.05) is 267 Å². The van der Waals surface area contributed by atoms with Crippen LogP contribution in [0.2, 0.25) is 0 Å². The molecular formula is C74H63BrClLiO8P4. The first-order valence-electron chi connectivity index (χ1n) is 27.8. The molecular weight excluding hydrogens is 1260 g/mol. The maximum Gasteiger partial charge on any atom is 1.00 e. The minimum absolute atomic E-state index is 0. The summed E-state index contributed by atoms with van der Waals surface area (Å²) in [5.41, 5.74) is 0. The molecule has 0 aliphatic heterocycles. The summed E-state index contributed by atoms with van der Waals surface area (Å²) >= 11 is 9.47. The molecule has 442 valence electrons. The van der Waals surface area contributed by atoms with E-state index in [1.54, 1.807) is 74.9 Å². The SMILES string of the molecule is COc1cccc(Br)c1.COc1cccc(P(=O)(c2ccccc2)c2ccccc2)c1.O=P(Cl)(c1ccccc1)c1ccccc1.O=P(c1ccccc1)(c1ccccc1)c1cccc(O)c1.O=P(c1ccccc1)(c1ccccc1)c1cccc([O-])c1.[Li+]. The Morgan fingerprint density at radius 2 is 0.562 bits per heavy atom. The molecule has 0 amide bonds. The first-order valence-corrected chi connectivity index (χ1v) is 36.3. The number of benzene rings is 12. The molecule has 15 heteroatoms. The summed E-state index contributed by atoms with van der Waals surface area (Å²) in [5, 5.41) is 29.4. The fourth-order valence-electron chi connectivity index (χ4n) is 9.33. The predicted molar refractivity (Wildman–Crippen MR) is 371 cm³/mol. The van der Waals surface area contributed by atoms with Gasteiger partial charge >= 0.3 is 18.9 Å². The quantitative estimate of drug-likeness (QED) is 0.0892. The molecule has 0 aliphatic rings. The smallest absolute Gasteiger partial charge is 0.872 e. The Kier molecular flexibility index (Phi) is 25.9. The van der Waals surface area contributed by atoms with E-state index in [1.165, 1.54) is 12.1 Å². The van der Waals surface area contributed by atoms with Crippen molar-refractivity contribution in [1.29, 1.82) is 0 Å². The van der Waals surface area contributed by atoms with Crippen LogP contribution in [-0.4, -0.2) is 19.3 Å². The molecule has 89 heavy (non-hydrogen) atoms. The van der Waals surface area contributed by atoms with Crippen LogP contribution in [0.15, 0.2) is 344 Å². The van der Waals surface area contributed by atoms with Crippen LogP contribution in [0.5, 0.6) is 23.0 Å². The second-order valence-corrected chi connectivity index (χ2v) is 32.2. The molecule has 0 saturated heterocycles. The van der Waals surface area contributed by atoms with Gasteiger partial charge in [0, 0.05) is 62.8 Å². The van der Waals surface area contributed by atoms with Gasteiger partial charge in [-0.05, 0) is 53.7 Å². The number of hydrogen-bond acceptors (Lipinski definition) is 8. The number of phenolic OH excluding ortho intramolecular Hbond substituents is 1. The Hall–Kier alpha value is -7.87. The van der Waals surface area contributed by atoms with E-state index in [-0.39, 0.29) is 30.4 Å². The summed E-state index contributed by atoms with van der Waals surface area (Å²) < 4.78 is 65.4. The molecule has 12 rings (SSSR count). The normalized spacial score (nSPS) is 10.9. The largest absolute Gasteiger partial charge is 1.00 e. The van der Waals surface area contributed by atoms with Gasteiger partial charge in [-0.15, -0.1) is 5.75 Å². The number of rotatable bonds is 13. The molecule has 0 saturated carbocycles. The van der Waals surface area contributed by atoms with Crippen LogP contribution in [0.25, 0.3) is 0 Å². The maximum atomic E-state index is 14.0. The van der Waals surface area contributed by atoms with Gasteiger partial charge in [0.1, 0.15) is 17.2 Å². The van der Waals surface area contributed by atoms with E-state index in [0.29, 0.717) is 27.0 Å². The van der Waals surface area contributed by atoms with Gasteiger partial charge in [-0.25, -0.2) is 0 Å². The average Bonchev–Trinajstić information content (AvgIpc) is 1.03. The van der Waals surface area contributed by atoms with Gasteiger partial charge < -0.3 is 33.4 Å². The van der Waals surface area contributed by atoms with Gasteiger partial charge in [-0.3, -0.25) is 4.57 Å². The van der Waals surface area contributed by atoms with E-state index in [2.05, 4.69) is 15.9 Å². The first kappa shape index (κ1) is 68.6. The van der Waals surface area contributed by atoms with Crippen LogP contribution in [0, 0.1) is 0 Å². The van der Waals surface area contributed by atoms with E-state index in [9.17, 15) is 28.5 Å². The van der Waals surface area contributed by atoms with Crippen LogP contribution in [0.3, 0.4) is 0 Å². The predicted octanol–water partition coefficient (Wildman–Crippen LogP) is 11.4. The van der Waals surface area contributed by atoms with E-state index in [0.717, 1.165) is 47.4 Å². The van der Waals surface area contributed by atoms with Crippen LogP contribution in [-0.2, 0) is 18.3 Å². The van der Waals surface area contributed by atoms with Crippen molar-refractivity contribution in [1.82, 2.24) is 0 Å². The van der Waals surface area contributed by atoms with Crippen molar-refractivity contribution in [3.63, 3.8) is 0 Å². The van der Waals surface area contributed by atoms with Gasteiger partial charge in [-0.1, -0.05) is 313 Å². The Labute approximate surface area is 547 Å². The van der Waals surface area contributed by atoms with Crippen LogP contribution < -0.4 is 91.8 Å². The Morgan fingerprint density at radius 3 is 0.843 bits per heavy atom. The second-order valence-electron chi connectivity index (χ2n) is 19.4. The molecule has 0 heterocycles. The van der Waals surface area contributed by atoms with Crippen LogP contribution in [0.1, 0.15) is 0 Å². The zero-order chi connectivity index (χ0) is 62.2. The van der Waals surface area contributed by atoms with Crippen molar-refractivity contribution in [2.45, 2.75) is 0 Å². The zero-order valence-electron chi connectivity index (χ0n) is 49.2. The summed E-state index contributed by atoms with van der Waals surface area (Å²) in [6, 6.07) is 103. The summed E-state index contributed by atoms with van der Waals surface area (Å²) in [4.78, 5) is 0. The molecule has 1 N–H and O–H groups in total. The molecule has 0 unspecified atom stereocenters. The molecule has 0 aliphatic carbocycles. The standard InChI is InChI=1S/C19H17O2P.2C18H15O2P.C12H10ClOP.C7H7BrO.Li/c1-21-16-9-8-14-19(15-16)22(20,17-10-4-2-5-11-17)18-12-6-3-7-13-18;2*19-15-8-7-13-18(14-15)21(20,16-9-3-1-4-10-16)17-11-5-2-6-12-17;13-15(14,11-7-3-1-4-8-11)12-9-5-2-6-10-12;1-9-7-4-2-3-6(8)5-7;/h2-15H,1H3;2*1-14,19H;1-10H;2-5H,1H3;/q;;;;;+1/p-1. The molecule has 0 atom stereocenters. The minimum Gasteiger partial charge on any atom is -0.872 e. The molecule has 0 radical (unpaired) electrons. The number of phenols is 1. The van der Waals surface area contributed by atoms with E-state index >= 15 is 0 Å². The summed E-state index contributed by atoms with van der Waals surface area (Å²) in [5.74, 6) is 1.59. The van der Waals surface area contributed by atoms with Crippen molar-refractivity contribution < 1.29 is 56.8 Å². The van der Waals surface area contributed by atoms with Crippen molar-refractivity contribution in [3.8, 4) is 23.0 Å². The first-order chi connectivity index (χ1) is 42.7. The average molecular weight is 1330 g/mol. The van der Waals surface area contributed by atoms with Gasteiger partial charge in [0.25, 0.3) is 0 Å². The van der Waals surface area contributed by atoms with Crippen molar-refractivity contribution >= 4 is 113 Å². The molecule has 0 aromatic heterocycles. The van der Waals surface area contributed by atoms with Crippen molar-refractivity contribution in [3.05, 3.63) is 344 Å². The fourth-order valence-corrected chi connectivity index (χ4v) is 19.8. The summed E-state index contributed by atoms with van der Waals surface area (Å²) in [7, 11) is -5.59. The summed E-state index contributed by atoms with van der Waals surface area (Å²) in [6.07, 6.45) is 0. The monoisotopic (exact) mass is 1320 g/mol. The molecule has 0 bridgehead atoms. The van der Waals surface area contributed by atoms with Gasteiger partial charge in [-0.2, -0.15) is 0 Å². The maximum absolute atomic E-state index is 14.0. The topological polar surface area (TPSA) is 130 Å². The zero-order valence-corrected chi connectivity index (χ0v) is 55.1. The number of halogens is 2. The number of aromatic hydroxyl groups is 1. The molecule has 12 aromatic carbocycles. The molecule has 0 spiro atoms. The van der Waals surface area contributed by atoms with Gasteiger partial charge in [0.15, 0.2) is 21.4 Å². The van der Waals surface area contributed by atoms with E-state index < -0.39 is 27.9 Å². The third kappa shape index (κ3) is 17.7. The number of hydrogen-bond donors (Lipinski definition) is 1. The third-order valence-electron chi connectivity index (χ3n) is 13.7. The fraction of sp³-hybridized carbons (Fsp3) is 0.0270. The van der Waals surface area contributed by atoms with Gasteiger partial charge in [0.2, 0.25) is 6.49 Å². The molecule has 12 aromatic rings. The molecule has 0 fully saturated rings. The van der Waals surface area contributed by atoms with Crippen LogP contribution in [0.4, 0.5) is 0 Å². The molecule has 8 nitrogen and oxygen atoms in total. The van der Waals surface area contributed by atoms with Crippen molar-refractivity contribution in [2.24, 2.45) is 0 Å². The van der Waals surface area contributed by atoms with E-state index in [4.69, 9.17) is 20.7 Å². The Morgan fingerprint density at radius 1 is 0.315 bits per heavy atom.